The average Bonchev–Trinajstić information content (AvgIpc) is 3.09. The number of ketones is 1. The molecule has 0 spiro atoms. The van der Waals surface area contributed by atoms with E-state index in [4.69, 9.17) is 9.47 Å². The summed E-state index contributed by atoms with van der Waals surface area (Å²) in [4.78, 5) is 12.7. The minimum absolute atomic E-state index is 0.176. The lowest BCUT2D eigenvalue weighted by Crippen LogP contribution is -2.47. The second kappa shape index (κ2) is 6.92. The molecule has 2 aliphatic heterocycles. The number of nitrogens with one attached hydrogen (secondary N) is 1. The van der Waals surface area contributed by atoms with E-state index in [0.29, 0.717) is 12.3 Å². The number of ether oxygens (including phenoxy) is 2. The highest BCUT2D eigenvalue weighted by molar-refractivity contribution is 6.44. The Morgan fingerprint density at radius 3 is 2.48 bits per heavy atom. The van der Waals surface area contributed by atoms with E-state index in [0.717, 1.165) is 5.69 Å². The van der Waals surface area contributed by atoms with E-state index in [1.807, 2.05) is 60.7 Å². The maximum Gasteiger partial charge on any atom is 0.213 e. The molecule has 0 aliphatic carbocycles. The van der Waals surface area contributed by atoms with Gasteiger partial charge in [-0.25, -0.2) is 0 Å². The fraction of sp³-hybridized carbons (Fsp3) is 0.222. The third kappa shape index (κ3) is 3.33. The number of hydrogen-bond donors (Lipinski definition) is 1. The number of fused-ring (bicyclic) bond motifs is 2. The Morgan fingerprint density at radius 1 is 1.00 bits per heavy atom. The highest BCUT2D eigenvalue weighted by atomic mass is 16.7. The van der Waals surface area contributed by atoms with E-state index in [1.165, 1.54) is 0 Å². The summed E-state index contributed by atoms with van der Waals surface area (Å²) in [6.07, 6.45) is -1.18. The number of nitrogens with zero attached hydrogens (tertiary/aromatic N) is 3. The first-order chi connectivity index (χ1) is 12.3. The van der Waals surface area contributed by atoms with Gasteiger partial charge in [0.1, 0.15) is 6.10 Å². The summed E-state index contributed by atoms with van der Waals surface area (Å²) >= 11 is 0. The van der Waals surface area contributed by atoms with Crippen LogP contribution in [0.2, 0.25) is 0 Å². The van der Waals surface area contributed by atoms with E-state index in [9.17, 15) is 4.79 Å². The van der Waals surface area contributed by atoms with Crippen LogP contribution >= 0.6 is 0 Å². The summed E-state index contributed by atoms with van der Waals surface area (Å²) < 4.78 is 11.2. The first kappa shape index (κ1) is 15.6. The van der Waals surface area contributed by atoms with Crippen molar-refractivity contribution in [3.8, 4) is 0 Å². The zero-order valence-corrected chi connectivity index (χ0v) is 13.3. The topological polar surface area (TPSA) is 84.6 Å². The van der Waals surface area contributed by atoms with Gasteiger partial charge in [0.2, 0.25) is 12.1 Å². The van der Waals surface area contributed by atoms with Crippen LogP contribution in [0.1, 0.15) is 0 Å². The Bertz CT molecular complexity index is 808. The van der Waals surface area contributed by atoms with Crippen molar-refractivity contribution >= 4 is 22.9 Å². The Morgan fingerprint density at radius 2 is 1.72 bits per heavy atom. The van der Waals surface area contributed by atoms with Gasteiger partial charge >= 0.3 is 0 Å². The second-order valence-corrected chi connectivity index (χ2v) is 5.67. The first-order valence-corrected chi connectivity index (χ1v) is 7.97. The van der Waals surface area contributed by atoms with E-state index < -0.39 is 18.4 Å². The molecule has 0 radical (unpaired) electrons. The van der Waals surface area contributed by atoms with Gasteiger partial charge in [0.25, 0.3) is 0 Å². The molecular formula is C18H16N4O3. The van der Waals surface area contributed by atoms with Gasteiger partial charge in [-0.15, -0.1) is 0 Å². The molecule has 2 aromatic rings. The van der Waals surface area contributed by atoms with Crippen LogP contribution in [0.3, 0.4) is 0 Å². The number of rotatable bonds is 4. The number of carbonyl (C=O) groups excluding carboxylic acids is 1. The number of carbonyl (C=O) groups is 1. The maximum absolute atomic E-state index is 12.7. The molecule has 0 amide bonds. The number of benzene rings is 2. The molecule has 2 bridgehead atoms. The maximum atomic E-state index is 12.7. The smallest absolute Gasteiger partial charge is 0.213 e. The zero-order chi connectivity index (χ0) is 17.1. The van der Waals surface area contributed by atoms with Crippen molar-refractivity contribution in [1.82, 2.24) is 0 Å². The van der Waals surface area contributed by atoms with Gasteiger partial charge in [0.05, 0.1) is 18.0 Å². The van der Waals surface area contributed by atoms with Crippen molar-refractivity contribution in [2.45, 2.75) is 18.4 Å². The Labute approximate surface area is 144 Å². The molecule has 25 heavy (non-hydrogen) atoms. The normalized spacial score (nSPS) is 27.1. The summed E-state index contributed by atoms with van der Waals surface area (Å²) in [5.41, 5.74) is 4.48. The predicted molar refractivity (Wildman–Crippen MR) is 91.9 cm³/mol. The molecule has 7 nitrogen and oxygen atoms in total. The molecule has 2 fully saturated rings. The van der Waals surface area contributed by atoms with Crippen LogP contribution in [0.4, 0.5) is 11.4 Å². The molecule has 126 valence electrons. The second-order valence-electron chi connectivity index (χ2n) is 5.67. The minimum atomic E-state index is -0.754. The number of hydrogen-bond acceptors (Lipinski definition) is 7. The lowest BCUT2D eigenvalue weighted by Gasteiger charge is -2.23. The molecule has 0 aromatic heterocycles. The van der Waals surface area contributed by atoms with Gasteiger partial charge in [-0.3, -0.25) is 10.2 Å². The van der Waals surface area contributed by atoms with Crippen molar-refractivity contribution < 1.29 is 14.3 Å². The number of Topliss-reactive ketones (excluding diaryl/α,β-unsaturated/α-hetero) is 1. The number of hydrazone groups is 1. The number of anilines is 1. The number of azo groups is 1. The third-order valence-electron chi connectivity index (χ3n) is 3.94. The van der Waals surface area contributed by atoms with Crippen LogP contribution in [0.15, 0.2) is 76.0 Å². The minimum Gasteiger partial charge on any atom is -0.344 e. The van der Waals surface area contributed by atoms with Crippen molar-refractivity contribution in [3.63, 3.8) is 0 Å². The average molecular weight is 336 g/mol. The number of para-hydroxylation sites is 1. The summed E-state index contributed by atoms with van der Waals surface area (Å²) in [7, 11) is 0. The molecule has 2 saturated heterocycles. The SMILES string of the molecule is O=C1/C(=N\Nc2ccccc2)[C@@H]2OC[C@@H](O2)[C@@H]1N=Nc1ccccc1. The van der Waals surface area contributed by atoms with Crippen molar-refractivity contribution in [2.75, 3.05) is 12.0 Å². The van der Waals surface area contributed by atoms with Crippen LogP contribution in [-0.4, -0.2) is 36.5 Å². The van der Waals surface area contributed by atoms with Crippen molar-refractivity contribution in [1.29, 1.82) is 0 Å². The van der Waals surface area contributed by atoms with Crippen molar-refractivity contribution in [2.24, 2.45) is 15.3 Å². The molecular weight excluding hydrogens is 320 g/mol. The lowest BCUT2D eigenvalue weighted by atomic mass is 10.0. The van der Waals surface area contributed by atoms with Gasteiger partial charge in [-0.1, -0.05) is 36.4 Å². The highest BCUT2D eigenvalue weighted by Gasteiger charge is 2.48. The van der Waals surface area contributed by atoms with E-state index in [2.05, 4.69) is 20.8 Å². The molecule has 4 rings (SSSR count). The molecule has 7 heteroatoms. The van der Waals surface area contributed by atoms with Gasteiger partial charge < -0.3 is 9.47 Å². The Balaban J connectivity index is 1.55. The molecule has 1 N–H and O–H groups in total. The largest absolute Gasteiger partial charge is 0.344 e. The molecule has 3 atom stereocenters. The zero-order valence-electron chi connectivity index (χ0n) is 13.3. The quantitative estimate of drug-likeness (QED) is 0.687. The molecule has 0 unspecified atom stereocenters. The van der Waals surface area contributed by atoms with Crippen LogP contribution in [0.5, 0.6) is 0 Å². The van der Waals surface area contributed by atoms with E-state index >= 15 is 0 Å². The first-order valence-electron chi connectivity index (χ1n) is 7.97. The van der Waals surface area contributed by atoms with Crippen LogP contribution in [-0.2, 0) is 14.3 Å². The van der Waals surface area contributed by atoms with Crippen LogP contribution in [0.25, 0.3) is 0 Å². The van der Waals surface area contributed by atoms with Gasteiger partial charge in [-0.05, 0) is 24.3 Å². The summed E-state index contributed by atoms with van der Waals surface area (Å²) in [6, 6.07) is 17.8. The summed E-state index contributed by atoms with van der Waals surface area (Å²) in [5, 5.41) is 12.5. The van der Waals surface area contributed by atoms with Crippen molar-refractivity contribution in [3.05, 3.63) is 60.7 Å². The highest BCUT2D eigenvalue weighted by Crippen LogP contribution is 2.27. The predicted octanol–water partition coefficient (Wildman–Crippen LogP) is 2.93. The molecule has 2 aromatic carbocycles. The van der Waals surface area contributed by atoms with Crippen LogP contribution < -0.4 is 5.43 Å². The van der Waals surface area contributed by atoms with Crippen LogP contribution in [0, 0.1) is 0 Å². The molecule has 2 aliphatic rings. The molecule has 0 saturated carbocycles. The van der Waals surface area contributed by atoms with Gasteiger partial charge in [-0.2, -0.15) is 15.3 Å². The third-order valence-corrected chi connectivity index (χ3v) is 3.94. The van der Waals surface area contributed by atoms with Gasteiger partial charge in [0, 0.05) is 0 Å². The fourth-order valence-electron chi connectivity index (χ4n) is 2.66. The Kier molecular flexibility index (Phi) is 4.32. The van der Waals surface area contributed by atoms with Gasteiger partial charge in [0.15, 0.2) is 11.8 Å². The standard InChI is InChI=1S/C18H16N4O3/c23-17-15(21-19-12-7-3-1-4-8-12)14-11-24-18(25-14)16(17)22-20-13-9-5-2-6-10-13/h1-10,14-15,18,20H,11H2/b21-19?,22-16+/t14-,15+,18-/m1/s1. The van der Waals surface area contributed by atoms with E-state index in [-0.39, 0.29) is 11.5 Å². The monoisotopic (exact) mass is 336 g/mol. The fourth-order valence-corrected chi connectivity index (χ4v) is 2.66. The van der Waals surface area contributed by atoms with E-state index in [1.54, 1.807) is 0 Å². The summed E-state index contributed by atoms with van der Waals surface area (Å²) in [6.45, 7) is 0.291. The Hall–Kier alpha value is -2.90. The lowest BCUT2D eigenvalue weighted by molar-refractivity contribution is -0.122. The summed E-state index contributed by atoms with van der Waals surface area (Å²) in [5.74, 6) is -0.234. The molecule has 2 heterocycles.